The monoisotopic (exact) mass is 582 g/mol. The van der Waals surface area contributed by atoms with Crippen molar-refractivity contribution in [2.24, 2.45) is 0 Å². The lowest BCUT2D eigenvalue weighted by Gasteiger charge is -2.09. The molecule has 2 aromatic rings. The summed E-state index contributed by atoms with van der Waals surface area (Å²) in [6, 6.07) is 13.6. The Morgan fingerprint density at radius 3 is 1.91 bits per heavy atom. The van der Waals surface area contributed by atoms with Crippen molar-refractivity contribution in [1.82, 2.24) is 0 Å². The molecule has 2 aromatic carbocycles. The van der Waals surface area contributed by atoms with Crippen molar-refractivity contribution in [1.29, 1.82) is 0 Å². The third-order valence-corrected chi connectivity index (χ3v) is 6.23. The van der Waals surface area contributed by atoms with Crippen molar-refractivity contribution in [3.8, 4) is 5.75 Å². The number of allylic oxidation sites excluding steroid dienone is 1. The Kier molecular flexibility index (Phi) is 13.9. The largest absolute Gasteiger partial charge is 0.796 e. The molecule has 0 fully saturated rings. The molecule has 3 nitrogen and oxygen atoms in total. The van der Waals surface area contributed by atoms with E-state index in [1.807, 2.05) is 0 Å². The number of carbonyl (C=O) groups excluding carboxylic acids is 1. The second-order valence-electron chi connectivity index (χ2n) is 8.31. The minimum atomic E-state index is -3.01. The molecule has 0 radical (unpaired) electrons. The van der Waals surface area contributed by atoms with Crippen molar-refractivity contribution in [2.75, 3.05) is 6.61 Å². The standard InChI is InChI=1S/C27H34BF2IO3/c1-2-3-4-5-6-7-8-9-10-11-20-33-25-18-14-22(15-19-25)26(32)21-27(34-28(29)30)23-12-16-24(31)17-13-23/h12-19,21H,2-11,20H2,1H3/b27-21-. The smallest absolute Gasteiger partial charge is 0.505 e. The van der Waals surface area contributed by atoms with E-state index in [2.05, 4.69) is 34.2 Å². The quantitative estimate of drug-likeness (QED) is 0.0468. The Morgan fingerprint density at radius 2 is 1.35 bits per heavy atom. The first-order chi connectivity index (χ1) is 16.5. The van der Waals surface area contributed by atoms with Gasteiger partial charge in [-0.3, -0.25) is 4.79 Å². The molecule has 0 unspecified atom stereocenters. The molecule has 7 heteroatoms. The van der Waals surface area contributed by atoms with Crippen molar-refractivity contribution >= 4 is 41.6 Å². The van der Waals surface area contributed by atoms with Crippen LogP contribution in [0, 0.1) is 3.57 Å². The Labute approximate surface area is 216 Å². The fraction of sp³-hybridized carbons (Fsp3) is 0.444. The van der Waals surface area contributed by atoms with Gasteiger partial charge in [-0.05, 0) is 65.4 Å². The number of ether oxygens (including phenoxy) is 1. The molecule has 2 rings (SSSR count). The zero-order valence-electron chi connectivity index (χ0n) is 19.9. The van der Waals surface area contributed by atoms with Gasteiger partial charge in [0.05, 0.1) is 6.61 Å². The second kappa shape index (κ2) is 16.7. The molecular weight excluding hydrogens is 548 g/mol. The minimum absolute atomic E-state index is 0.155. The lowest BCUT2D eigenvalue weighted by atomic mass is 10.1. The highest BCUT2D eigenvalue weighted by Gasteiger charge is 2.21. The number of hydrogen-bond acceptors (Lipinski definition) is 3. The topological polar surface area (TPSA) is 35.5 Å². The van der Waals surface area contributed by atoms with Crippen LogP contribution in [0.5, 0.6) is 5.75 Å². The fourth-order valence-electron chi connectivity index (χ4n) is 3.59. The molecule has 0 saturated heterocycles. The van der Waals surface area contributed by atoms with Gasteiger partial charge in [0, 0.05) is 20.8 Å². The Morgan fingerprint density at radius 1 is 0.824 bits per heavy atom. The summed E-state index contributed by atoms with van der Waals surface area (Å²) in [6.07, 6.45) is 13.8. The predicted molar refractivity (Wildman–Crippen MR) is 144 cm³/mol. The van der Waals surface area contributed by atoms with Gasteiger partial charge in [-0.15, -0.1) is 0 Å². The van der Waals surface area contributed by atoms with Crippen molar-refractivity contribution in [2.45, 2.75) is 71.1 Å². The average Bonchev–Trinajstić information content (AvgIpc) is 2.82. The van der Waals surface area contributed by atoms with Crippen LogP contribution < -0.4 is 4.74 Å². The van der Waals surface area contributed by atoms with Gasteiger partial charge in [-0.1, -0.05) is 76.8 Å². The number of carbonyl (C=O) groups is 1. The zero-order chi connectivity index (χ0) is 24.6. The maximum atomic E-state index is 12.9. The lowest BCUT2D eigenvalue weighted by Crippen LogP contribution is -2.06. The molecule has 0 aliphatic heterocycles. The predicted octanol–water partition coefficient (Wildman–Crippen LogP) is 8.76. The van der Waals surface area contributed by atoms with E-state index >= 15 is 0 Å². The number of hydrogen-bond donors (Lipinski definition) is 0. The van der Waals surface area contributed by atoms with E-state index in [-0.39, 0.29) is 5.76 Å². The van der Waals surface area contributed by atoms with Crippen LogP contribution in [0.25, 0.3) is 5.76 Å². The number of rotatable bonds is 17. The summed E-state index contributed by atoms with van der Waals surface area (Å²) in [5.41, 5.74) is 0.803. The summed E-state index contributed by atoms with van der Waals surface area (Å²) in [4.78, 5) is 12.6. The molecule has 0 spiro atoms. The van der Waals surface area contributed by atoms with Crippen LogP contribution >= 0.6 is 22.6 Å². The molecule has 0 amide bonds. The van der Waals surface area contributed by atoms with Crippen LogP contribution in [0.2, 0.25) is 0 Å². The second-order valence-corrected chi connectivity index (χ2v) is 9.56. The Bertz CT molecular complexity index is 870. The van der Waals surface area contributed by atoms with Crippen LogP contribution in [0.1, 0.15) is 87.1 Å². The van der Waals surface area contributed by atoms with Gasteiger partial charge in [0.25, 0.3) is 0 Å². The first-order valence-corrected chi connectivity index (χ1v) is 13.3. The average molecular weight is 582 g/mol. The lowest BCUT2D eigenvalue weighted by molar-refractivity contribution is 0.104. The van der Waals surface area contributed by atoms with Crippen molar-refractivity contribution < 1.29 is 22.8 Å². The van der Waals surface area contributed by atoms with Crippen LogP contribution in [-0.4, -0.2) is 19.9 Å². The minimum Gasteiger partial charge on any atom is -0.505 e. The first kappa shape index (κ1) is 28.3. The van der Waals surface area contributed by atoms with Crippen molar-refractivity contribution in [3.05, 3.63) is 69.3 Å². The van der Waals surface area contributed by atoms with E-state index < -0.39 is 13.3 Å². The molecule has 0 aliphatic rings. The maximum Gasteiger partial charge on any atom is 0.796 e. The van der Waals surface area contributed by atoms with Gasteiger partial charge < -0.3 is 9.39 Å². The number of unbranched alkanes of at least 4 members (excludes halogenated alkanes) is 9. The third-order valence-electron chi connectivity index (χ3n) is 5.51. The third kappa shape index (κ3) is 11.5. The highest BCUT2D eigenvalue weighted by molar-refractivity contribution is 14.1. The van der Waals surface area contributed by atoms with E-state index in [1.54, 1.807) is 48.5 Å². The van der Waals surface area contributed by atoms with E-state index in [9.17, 15) is 13.4 Å². The molecule has 34 heavy (non-hydrogen) atoms. The highest BCUT2D eigenvalue weighted by Crippen LogP contribution is 2.21. The summed E-state index contributed by atoms with van der Waals surface area (Å²) < 4.78 is 37.0. The summed E-state index contributed by atoms with van der Waals surface area (Å²) in [7, 11) is -3.01. The van der Waals surface area contributed by atoms with E-state index in [0.29, 0.717) is 23.5 Å². The number of benzene rings is 2. The molecule has 0 aliphatic carbocycles. The highest BCUT2D eigenvalue weighted by atomic mass is 127. The molecule has 0 heterocycles. The van der Waals surface area contributed by atoms with E-state index in [0.717, 1.165) is 22.5 Å². The van der Waals surface area contributed by atoms with E-state index in [4.69, 9.17) is 4.74 Å². The molecule has 184 valence electrons. The van der Waals surface area contributed by atoms with Crippen LogP contribution in [0.15, 0.2) is 54.6 Å². The van der Waals surface area contributed by atoms with Gasteiger partial charge in [-0.25, -0.2) is 8.63 Å². The first-order valence-electron chi connectivity index (χ1n) is 12.2. The van der Waals surface area contributed by atoms with Crippen molar-refractivity contribution in [3.63, 3.8) is 0 Å². The van der Waals surface area contributed by atoms with Gasteiger partial charge in [-0.2, -0.15) is 0 Å². The van der Waals surface area contributed by atoms with Gasteiger partial charge >= 0.3 is 7.47 Å². The van der Waals surface area contributed by atoms with Gasteiger partial charge in [0.2, 0.25) is 0 Å². The molecule has 0 aromatic heterocycles. The van der Waals surface area contributed by atoms with Crippen LogP contribution in [0.4, 0.5) is 8.63 Å². The molecule has 0 saturated carbocycles. The summed E-state index contributed by atoms with van der Waals surface area (Å²) in [6.45, 7) is 2.88. The normalized spacial score (nSPS) is 11.4. The summed E-state index contributed by atoms with van der Waals surface area (Å²) >= 11 is 2.12. The Hall–Kier alpha value is -1.90. The summed E-state index contributed by atoms with van der Waals surface area (Å²) in [5, 5.41) is 0. The van der Waals surface area contributed by atoms with Gasteiger partial charge in [0.15, 0.2) is 5.78 Å². The zero-order valence-corrected chi connectivity index (χ0v) is 22.1. The van der Waals surface area contributed by atoms with Crippen LogP contribution in [-0.2, 0) is 4.65 Å². The molecule has 0 atom stereocenters. The Balaban J connectivity index is 1.76. The maximum absolute atomic E-state index is 12.9. The van der Waals surface area contributed by atoms with Gasteiger partial charge in [0.1, 0.15) is 11.5 Å². The number of halogens is 3. The number of ketones is 1. The molecular formula is C27H34BF2IO3. The summed E-state index contributed by atoms with van der Waals surface area (Å²) in [5.74, 6) is 0.131. The van der Waals surface area contributed by atoms with Crippen LogP contribution in [0.3, 0.4) is 0 Å². The molecule has 0 bridgehead atoms. The van der Waals surface area contributed by atoms with E-state index in [1.165, 1.54) is 51.4 Å². The SMILES string of the molecule is CCCCCCCCCCCCOc1ccc(C(=O)/C=C(\OB(F)F)c2ccc(I)cc2)cc1. The fourth-order valence-corrected chi connectivity index (χ4v) is 3.95. The molecule has 0 N–H and O–H groups in total.